The Morgan fingerprint density at radius 1 is 1.04 bits per heavy atom. The van der Waals surface area contributed by atoms with E-state index < -0.39 is 0 Å². The predicted molar refractivity (Wildman–Crippen MR) is 98.1 cm³/mol. The van der Waals surface area contributed by atoms with Crippen molar-refractivity contribution in [2.45, 2.75) is 13.2 Å². The Bertz CT molecular complexity index is 884. The minimum absolute atomic E-state index is 0.208. The first kappa shape index (κ1) is 17.4. The average molecular weight is 358 g/mol. The number of rotatable bonds is 6. The zero-order valence-corrected chi connectivity index (χ0v) is 15.1. The molecular weight excluding hydrogens is 337 g/mol. The first-order chi connectivity index (χ1) is 12.1. The normalized spacial score (nSPS) is 12.1. The standard InChI is InChI=1S/C19H20FN3OS/c1-21(13-15-3-5-16(20)6-4-15)14-22-11-12-23(19(22)25)17-7-9-18(24-2)10-8-17/h3-12H,13-14H2,1-2H3/p+1. The van der Waals surface area contributed by atoms with E-state index in [9.17, 15) is 4.39 Å². The molecule has 0 aliphatic carbocycles. The lowest BCUT2D eigenvalue weighted by Gasteiger charge is -2.15. The van der Waals surface area contributed by atoms with Crippen LogP contribution in [0.15, 0.2) is 60.9 Å². The third-order valence-electron chi connectivity index (χ3n) is 4.06. The monoisotopic (exact) mass is 358 g/mol. The minimum atomic E-state index is -0.208. The van der Waals surface area contributed by atoms with E-state index in [0.717, 1.165) is 35.0 Å². The number of nitrogens with one attached hydrogen (secondary N) is 1. The van der Waals surface area contributed by atoms with Crippen molar-refractivity contribution in [1.29, 1.82) is 0 Å². The fourth-order valence-electron chi connectivity index (χ4n) is 2.77. The van der Waals surface area contributed by atoms with Gasteiger partial charge in [0.25, 0.3) is 0 Å². The van der Waals surface area contributed by atoms with Crippen molar-refractivity contribution in [2.75, 3.05) is 14.2 Å². The molecule has 1 unspecified atom stereocenters. The number of hydrogen-bond donors (Lipinski definition) is 1. The Hall–Kier alpha value is -2.44. The first-order valence-corrected chi connectivity index (χ1v) is 8.45. The second kappa shape index (κ2) is 7.63. The molecule has 0 fully saturated rings. The molecule has 1 heterocycles. The number of hydrogen-bond acceptors (Lipinski definition) is 2. The minimum Gasteiger partial charge on any atom is -0.497 e. The number of aromatic nitrogens is 2. The van der Waals surface area contributed by atoms with E-state index in [-0.39, 0.29) is 5.82 Å². The summed E-state index contributed by atoms with van der Waals surface area (Å²) in [5, 5.41) is 0. The lowest BCUT2D eigenvalue weighted by atomic mass is 10.2. The van der Waals surface area contributed by atoms with Gasteiger partial charge in [0.15, 0.2) is 11.4 Å². The van der Waals surface area contributed by atoms with Gasteiger partial charge in [-0.25, -0.2) is 4.39 Å². The number of quaternary nitrogens is 1. The van der Waals surface area contributed by atoms with Crippen LogP contribution in [0.2, 0.25) is 0 Å². The van der Waals surface area contributed by atoms with Crippen LogP contribution >= 0.6 is 12.2 Å². The molecule has 1 aromatic heterocycles. The highest BCUT2D eigenvalue weighted by Crippen LogP contribution is 2.15. The summed E-state index contributed by atoms with van der Waals surface area (Å²) in [7, 11) is 3.74. The van der Waals surface area contributed by atoms with E-state index in [1.807, 2.05) is 57.9 Å². The summed E-state index contributed by atoms with van der Waals surface area (Å²) >= 11 is 5.60. The molecule has 0 aliphatic heterocycles. The molecule has 3 rings (SSSR count). The van der Waals surface area contributed by atoms with E-state index in [1.165, 1.54) is 17.0 Å². The highest BCUT2D eigenvalue weighted by molar-refractivity contribution is 7.71. The fourth-order valence-corrected chi connectivity index (χ4v) is 3.06. The third-order valence-corrected chi connectivity index (χ3v) is 4.49. The Labute approximate surface area is 151 Å². The first-order valence-electron chi connectivity index (χ1n) is 8.05. The SMILES string of the molecule is COc1ccc(-n2ccn(C[NH+](C)Cc3ccc(F)cc3)c2=S)cc1. The highest BCUT2D eigenvalue weighted by atomic mass is 32.1. The van der Waals surface area contributed by atoms with Crippen LogP contribution in [0.5, 0.6) is 5.75 Å². The second-order valence-corrected chi connectivity index (χ2v) is 6.40. The molecule has 4 nitrogen and oxygen atoms in total. The van der Waals surface area contributed by atoms with Gasteiger partial charge in [0, 0.05) is 23.6 Å². The van der Waals surface area contributed by atoms with Crippen molar-refractivity contribution >= 4 is 12.2 Å². The molecule has 0 saturated carbocycles. The van der Waals surface area contributed by atoms with E-state index in [0.29, 0.717) is 0 Å². The number of nitrogens with zero attached hydrogens (tertiary/aromatic N) is 2. The van der Waals surface area contributed by atoms with Gasteiger partial charge in [-0.15, -0.1) is 0 Å². The Morgan fingerprint density at radius 3 is 2.36 bits per heavy atom. The van der Waals surface area contributed by atoms with Gasteiger partial charge in [-0.05, 0) is 48.6 Å². The molecule has 130 valence electrons. The van der Waals surface area contributed by atoms with Gasteiger partial charge in [-0.1, -0.05) is 12.1 Å². The van der Waals surface area contributed by atoms with Crippen molar-refractivity contribution in [3.05, 3.63) is 77.1 Å². The van der Waals surface area contributed by atoms with Crippen LogP contribution in [0.3, 0.4) is 0 Å². The van der Waals surface area contributed by atoms with Crippen molar-refractivity contribution in [2.24, 2.45) is 0 Å². The van der Waals surface area contributed by atoms with Gasteiger partial charge < -0.3 is 9.64 Å². The summed E-state index contributed by atoms with van der Waals surface area (Å²) < 4.78 is 22.9. The van der Waals surface area contributed by atoms with E-state index in [1.54, 1.807) is 7.11 Å². The maximum Gasteiger partial charge on any atom is 0.188 e. The number of imidazole rings is 1. The zero-order chi connectivity index (χ0) is 17.8. The van der Waals surface area contributed by atoms with E-state index in [2.05, 4.69) is 7.05 Å². The molecule has 1 atom stereocenters. The molecular formula is C19H21FN3OS+. The topological polar surface area (TPSA) is 23.5 Å². The van der Waals surface area contributed by atoms with Crippen LogP contribution in [-0.4, -0.2) is 23.3 Å². The van der Waals surface area contributed by atoms with E-state index in [4.69, 9.17) is 17.0 Å². The third kappa shape index (κ3) is 4.15. The van der Waals surface area contributed by atoms with Gasteiger partial charge in [0.2, 0.25) is 0 Å². The summed E-state index contributed by atoms with van der Waals surface area (Å²) in [4.78, 5) is 1.26. The Kier molecular flexibility index (Phi) is 5.31. The maximum atomic E-state index is 13.0. The van der Waals surface area contributed by atoms with Crippen LogP contribution in [-0.2, 0) is 13.2 Å². The Morgan fingerprint density at radius 2 is 1.72 bits per heavy atom. The lowest BCUT2D eigenvalue weighted by Crippen LogP contribution is -3.06. The number of ether oxygens (including phenoxy) is 1. The van der Waals surface area contributed by atoms with Crippen LogP contribution < -0.4 is 9.64 Å². The number of benzene rings is 2. The average Bonchev–Trinajstić information content (AvgIpc) is 2.97. The van der Waals surface area contributed by atoms with Gasteiger partial charge in [0.05, 0.1) is 14.2 Å². The Balaban J connectivity index is 1.72. The smallest absolute Gasteiger partial charge is 0.188 e. The summed E-state index contributed by atoms with van der Waals surface area (Å²) in [6, 6.07) is 14.4. The molecule has 6 heteroatoms. The zero-order valence-electron chi connectivity index (χ0n) is 14.3. The summed E-state index contributed by atoms with van der Waals surface area (Å²) in [6.07, 6.45) is 3.95. The quantitative estimate of drug-likeness (QED) is 0.685. The van der Waals surface area contributed by atoms with Crippen molar-refractivity contribution in [1.82, 2.24) is 9.13 Å². The summed E-state index contributed by atoms with van der Waals surface area (Å²) in [6.45, 7) is 1.54. The maximum absolute atomic E-state index is 13.0. The predicted octanol–water partition coefficient (Wildman–Crippen LogP) is 2.83. The number of halogens is 1. The van der Waals surface area contributed by atoms with E-state index >= 15 is 0 Å². The summed E-state index contributed by atoms with van der Waals surface area (Å²) in [5.41, 5.74) is 2.10. The summed E-state index contributed by atoms with van der Waals surface area (Å²) in [5.74, 6) is 0.610. The molecule has 1 N–H and O–H groups in total. The molecule has 0 radical (unpaired) electrons. The molecule has 0 bridgehead atoms. The van der Waals surface area contributed by atoms with Crippen molar-refractivity contribution in [3.63, 3.8) is 0 Å². The fraction of sp³-hybridized carbons (Fsp3) is 0.211. The highest BCUT2D eigenvalue weighted by Gasteiger charge is 2.08. The molecule has 2 aromatic carbocycles. The number of methoxy groups -OCH3 is 1. The lowest BCUT2D eigenvalue weighted by molar-refractivity contribution is -0.917. The molecule has 0 aliphatic rings. The van der Waals surface area contributed by atoms with Gasteiger partial charge in [0.1, 0.15) is 18.1 Å². The van der Waals surface area contributed by atoms with Crippen molar-refractivity contribution in [3.8, 4) is 11.4 Å². The molecule has 0 saturated heterocycles. The molecule has 0 amide bonds. The second-order valence-electron chi connectivity index (χ2n) is 6.04. The molecule has 0 spiro atoms. The van der Waals surface area contributed by atoms with Crippen LogP contribution in [0, 0.1) is 10.6 Å². The van der Waals surface area contributed by atoms with Crippen LogP contribution in [0.25, 0.3) is 5.69 Å². The van der Waals surface area contributed by atoms with Gasteiger partial charge in [-0.2, -0.15) is 0 Å². The molecule has 25 heavy (non-hydrogen) atoms. The van der Waals surface area contributed by atoms with Crippen LogP contribution in [0.1, 0.15) is 5.56 Å². The van der Waals surface area contributed by atoms with Crippen molar-refractivity contribution < 1.29 is 14.0 Å². The van der Waals surface area contributed by atoms with Gasteiger partial charge >= 0.3 is 0 Å². The van der Waals surface area contributed by atoms with Gasteiger partial charge in [-0.3, -0.25) is 9.13 Å². The molecule has 3 aromatic rings. The largest absolute Gasteiger partial charge is 0.497 e. The van der Waals surface area contributed by atoms with Crippen LogP contribution in [0.4, 0.5) is 4.39 Å².